The maximum Gasteiger partial charge on any atom is 0.339 e. The molecule has 1 aromatic heterocycles. The number of carbonyl (C=O) groups is 2. The minimum atomic E-state index is -3.12. The third kappa shape index (κ3) is 5.12. The van der Waals surface area contributed by atoms with Crippen molar-refractivity contribution in [3.63, 3.8) is 0 Å². The number of pyridine rings is 1. The SMILES string of the molecule is Cc1cc(C(=O)OCC(=O)N(CC(C)C)C2CCS(=O)(=O)C2)c2ccccc2n1. The summed E-state index contributed by atoms with van der Waals surface area (Å²) in [7, 11) is -3.12. The third-order valence-electron chi connectivity index (χ3n) is 4.92. The predicted molar refractivity (Wildman–Crippen MR) is 110 cm³/mol. The van der Waals surface area contributed by atoms with Gasteiger partial charge in [-0.3, -0.25) is 9.78 Å². The number of para-hydroxylation sites is 1. The molecule has 1 aromatic carbocycles. The van der Waals surface area contributed by atoms with E-state index in [9.17, 15) is 18.0 Å². The lowest BCUT2D eigenvalue weighted by atomic mass is 10.1. The van der Waals surface area contributed by atoms with Gasteiger partial charge in [-0.1, -0.05) is 32.0 Å². The summed E-state index contributed by atoms with van der Waals surface area (Å²) in [6.07, 6.45) is 0.420. The van der Waals surface area contributed by atoms with Gasteiger partial charge in [0.15, 0.2) is 16.4 Å². The summed E-state index contributed by atoms with van der Waals surface area (Å²) in [6, 6.07) is 8.53. The lowest BCUT2D eigenvalue weighted by Gasteiger charge is -2.29. The zero-order chi connectivity index (χ0) is 21.2. The molecule has 29 heavy (non-hydrogen) atoms. The fourth-order valence-corrected chi connectivity index (χ4v) is 5.36. The number of nitrogens with zero attached hydrogens (tertiary/aromatic N) is 2. The molecular formula is C21H26N2O5S. The van der Waals surface area contributed by atoms with Gasteiger partial charge in [-0.05, 0) is 31.4 Å². The van der Waals surface area contributed by atoms with E-state index in [0.29, 0.717) is 35.1 Å². The van der Waals surface area contributed by atoms with E-state index in [4.69, 9.17) is 4.74 Å². The van der Waals surface area contributed by atoms with E-state index in [1.165, 1.54) is 0 Å². The second-order valence-electron chi connectivity index (χ2n) is 7.90. The van der Waals surface area contributed by atoms with Gasteiger partial charge in [0.2, 0.25) is 0 Å². The molecule has 0 saturated carbocycles. The molecule has 8 heteroatoms. The number of hydrogen-bond acceptors (Lipinski definition) is 6. The monoisotopic (exact) mass is 418 g/mol. The van der Waals surface area contributed by atoms with Crippen LogP contribution in [0.3, 0.4) is 0 Å². The van der Waals surface area contributed by atoms with Crippen LogP contribution in [0.25, 0.3) is 10.9 Å². The summed E-state index contributed by atoms with van der Waals surface area (Å²) >= 11 is 0. The highest BCUT2D eigenvalue weighted by molar-refractivity contribution is 7.91. The van der Waals surface area contributed by atoms with Crippen LogP contribution in [0.1, 0.15) is 36.3 Å². The van der Waals surface area contributed by atoms with Crippen LogP contribution in [-0.4, -0.2) is 60.9 Å². The molecule has 1 fully saturated rings. The summed E-state index contributed by atoms with van der Waals surface area (Å²) < 4.78 is 29.0. The number of aromatic nitrogens is 1. The molecule has 156 valence electrons. The van der Waals surface area contributed by atoms with Crippen molar-refractivity contribution in [2.24, 2.45) is 5.92 Å². The maximum absolute atomic E-state index is 12.8. The van der Waals surface area contributed by atoms with Crippen LogP contribution in [0.2, 0.25) is 0 Å². The number of rotatable bonds is 6. The van der Waals surface area contributed by atoms with Gasteiger partial charge in [-0.15, -0.1) is 0 Å². The van der Waals surface area contributed by atoms with Gasteiger partial charge in [-0.2, -0.15) is 0 Å². The maximum atomic E-state index is 12.8. The summed E-state index contributed by atoms with van der Waals surface area (Å²) in [5.41, 5.74) is 1.72. The number of hydrogen-bond donors (Lipinski definition) is 0. The van der Waals surface area contributed by atoms with Crippen LogP contribution in [-0.2, 0) is 19.4 Å². The molecule has 2 aromatic rings. The highest BCUT2D eigenvalue weighted by atomic mass is 32.2. The molecule has 3 rings (SSSR count). The largest absolute Gasteiger partial charge is 0.452 e. The molecule has 0 N–H and O–H groups in total. The van der Waals surface area contributed by atoms with Gasteiger partial charge in [-0.25, -0.2) is 13.2 Å². The number of aryl methyl sites for hydroxylation is 1. The summed E-state index contributed by atoms with van der Waals surface area (Å²) in [5, 5.41) is 0.663. The van der Waals surface area contributed by atoms with Crippen molar-refractivity contribution >= 4 is 32.6 Å². The third-order valence-corrected chi connectivity index (χ3v) is 6.67. The van der Waals surface area contributed by atoms with Crippen LogP contribution < -0.4 is 0 Å². The number of ether oxygens (including phenoxy) is 1. The fourth-order valence-electron chi connectivity index (χ4n) is 3.63. The van der Waals surface area contributed by atoms with Gasteiger partial charge >= 0.3 is 5.97 Å². The molecule has 1 aliphatic heterocycles. The summed E-state index contributed by atoms with van der Waals surface area (Å²) in [4.78, 5) is 31.4. The number of esters is 1. The Balaban J connectivity index is 1.74. The Morgan fingerprint density at radius 3 is 2.66 bits per heavy atom. The molecular weight excluding hydrogens is 392 g/mol. The quantitative estimate of drug-likeness (QED) is 0.669. The van der Waals surface area contributed by atoms with Crippen molar-refractivity contribution in [2.75, 3.05) is 24.7 Å². The van der Waals surface area contributed by atoms with Gasteiger partial charge in [0, 0.05) is 23.7 Å². The van der Waals surface area contributed by atoms with Crippen LogP contribution >= 0.6 is 0 Å². The molecule has 0 spiro atoms. The first-order valence-electron chi connectivity index (χ1n) is 9.69. The number of amides is 1. The average molecular weight is 419 g/mol. The van der Waals surface area contributed by atoms with Crippen molar-refractivity contribution in [3.05, 3.63) is 41.6 Å². The molecule has 2 heterocycles. The van der Waals surface area contributed by atoms with E-state index in [1.54, 1.807) is 24.0 Å². The van der Waals surface area contributed by atoms with Crippen LogP contribution in [0.15, 0.2) is 30.3 Å². The van der Waals surface area contributed by atoms with E-state index in [2.05, 4.69) is 4.98 Å². The standard InChI is InChI=1S/C21H26N2O5S/c1-14(2)11-23(16-8-9-29(26,27)13-16)20(24)12-28-21(25)18-10-15(3)22-19-7-5-4-6-17(18)19/h4-7,10,14,16H,8-9,11-13H2,1-3H3. The molecule has 1 atom stereocenters. The smallest absolute Gasteiger partial charge is 0.339 e. The second kappa shape index (κ2) is 8.49. The Bertz CT molecular complexity index is 1030. The van der Waals surface area contributed by atoms with E-state index in [1.807, 2.05) is 32.0 Å². The molecule has 0 aliphatic carbocycles. The van der Waals surface area contributed by atoms with E-state index >= 15 is 0 Å². The van der Waals surface area contributed by atoms with Crippen LogP contribution in [0.5, 0.6) is 0 Å². The Hall–Kier alpha value is -2.48. The first-order chi connectivity index (χ1) is 13.7. The molecule has 1 saturated heterocycles. The molecule has 1 aliphatic rings. The van der Waals surface area contributed by atoms with Crippen molar-refractivity contribution in [1.82, 2.24) is 9.88 Å². The van der Waals surface area contributed by atoms with E-state index in [0.717, 1.165) is 0 Å². The summed E-state index contributed by atoms with van der Waals surface area (Å²) in [5.74, 6) is -0.743. The Morgan fingerprint density at radius 2 is 2.00 bits per heavy atom. The van der Waals surface area contributed by atoms with Crippen molar-refractivity contribution in [2.45, 2.75) is 33.2 Å². The minimum absolute atomic E-state index is 0.0341. The molecule has 1 amide bonds. The van der Waals surface area contributed by atoms with E-state index < -0.39 is 22.4 Å². The number of carbonyl (C=O) groups excluding carboxylic acids is 2. The highest BCUT2D eigenvalue weighted by Gasteiger charge is 2.35. The first-order valence-corrected chi connectivity index (χ1v) is 11.5. The predicted octanol–water partition coefficient (Wildman–Crippen LogP) is 2.37. The fraction of sp³-hybridized carbons (Fsp3) is 0.476. The minimum Gasteiger partial charge on any atom is -0.452 e. The lowest BCUT2D eigenvalue weighted by molar-refractivity contribution is -0.137. The number of sulfone groups is 1. The topological polar surface area (TPSA) is 93.6 Å². The normalized spacial score (nSPS) is 18.1. The summed E-state index contributed by atoms with van der Waals surface area (Å²) in [6.45, 7) is 5.72. The van der Waals surface area contributed by atoms with Gasteiger partial charge < -0.3 is 9.64 Å². The Labute approximate surface area is 171 Å². The Morgan fingerprint density at radius 1 is 1.28 bits per heavy atom. The number of benzene rings is 1. The Kier molecular flexibility index (Phi) is 6.21. The van der Waals surface area contributed by atoms with Gasteiger partial charge in [0.1, 0.15) is 0 Å². The lowest BCUT2D eigenvalue weighted by Crippen LogP contribution is -2.45. The molecule has 7 nitrogen and oxygen atoms in total. The number of fused-ring (bicyclic) bond motifs is 1. The molecule has 0 bridgehead atoms. The van der Waals surface area contributed by atoms with Crippen LogP contribution in [0.4, 0.5) is 0 Å². The second-order valence-corrected chi connectivity index (χ2v) is 10.1. The van der Waals surface area contributed by atoms with Crippen molar-refractivity contribution < 1.29 is 22.7 Å². The molecule has 1 unspecified atom stereocenters. The highest BCUT2D eigenvalue weighted by Crippen LogP contribution is 2.21. The van der Waals surface area contributed by atoms with Crippen LogP contribution in [0, 0.1) is 12.8 Å². The zero-order valence-electron chi connectivity index (χ0n) is 16.9. The van der Waals surface area contributed by atoms with Gasteiger partial charge in [0.25, 0.3) is 5.91 Å². The van der Waals surface area contributed by atoms with Crippen molar-refractivity contribution in [1.29, 1.82) is 0 Å². The molecule has 0 radical (unpaired) electrons. The van der Waals surface area contributed by atoms with Gasteiger partial charge in [0.05, 0.1) is 22.6 Å². The van der Waals surface area contributed by atoms with E-state index in [-0.39, 0.29) is 29.4 Å². The zero-order valence-corrected chi connectivity index (χ0v) is 17.7. The van der Waals surface area contributed by atoms with Crippen molar-refractivity contribution in [3.8, 4) is 0 Å². The average Bonchev–Trinajstić information content (AvgIpc) is 3.02. The first kappa shape index (κ1) is 21.2.